The van der Waals surface area contributed by atoms with E-state index in [1.165, 1.54) is 0 Å². The van der Waals surface area contributed by atoms with Crippen molar-refractivity contribution in [2.75, 3.05) is 10.6 Å². The smallest absolute Gasteiger partial charge is 0.412 e. The average molecular weight is 376 g/mol. The quantitative estimate of drug-likeness (QED) is 0.656. The number of benzene rings is 1. The molecule has 0 aliphatic rings. The van der Waals surface area contributed by atoms with Crippen LogP contribution in [0.1, 0.15) is 67.4 Å². The summed E-state index contributed by atoms with van der Waals surface area (Å²) in [6.45, 7) is 14.8. The van der Waals surface area contributed by atoms with Crippen LogP contribution in [0.2, 0.25) is 0 Å². The fourth-order valence-corrected chi connectivity index (χ4v) is 2.38. The van der Waals surface area contributed by atoms with Gasteiger partial charge in [0, 0.05) is 11.4 Å². The highest BCUT2D eigenvalue weighted by Gasteiger charge is 2.19. The van der Waals surface area contributed by atoms with Gasteiger partial charge in [0.1, 0.15) is 11.2 Å². The third kappa shape index (κ3) is 8.62. The molecule has 0 aromatic heterocycles. The number of amides is 2. The Balaban J connectivity index is 3.14. The lowest BCUT2D eigenvalue weighted by atomic mass is 10.0. The lowest BCUT2D eigenvalue weighted by Gasteiger charge is -2.21. The van der Waals surface area contributed by atoms with E-state index in [0.717, 1.165) is 17.6 Å². The van der Waals surface area contributed by atoms with Gasteiger partial charge in [0.05, 0.1) is 0 Å². The molecule has 0 saturated carbocycles. The lowest BCUT2D eigenvalue weighted by molar-refractivity contribution is 0.0625. The van der Waals surface area contributed by atoms with Gasteiger partial charge in [0.2, 0.25) is 0 Å². The fourth-order valence-electron chi connectivity index (χ4n) is 2.38. The molecule has 0 aliphatic carbocycles. The summed E-state index contributed by atoms with van der Waals surface area (Å²) < 4.78 is 10.6. The first-order chi connectivity index (χ1) is 12.3. The predicted octanol–water partition coefficient (Wildman–Crippen LogP) is 6.19. The third-order valence-electron chi connectivity index (χ3n) is 3.32. The Bertz CT molecular complexity index is 662. The summed E-state index contributed by atoms with van der Waals surface area (Å²) in [5.74, 6) is 0. The Morgan fingerprint density at radius 3 is 1.59 bits per heavy atom. The lowest BCUT2D eigenvalue weighted by Crippen LogP contribution is -2.28. The zero-order valence-corrected chi connectivity index (χ0v) is 17.6. The van der Waals surface area contributed by atoms with Gasteiger partial charge in [-0.25, -0.2) is 9.59 Å². The Kier molecular flexibility index (Phi) is 7.46. The zero-order chi connectivity index (χ0) is 20.8. The van der Waals surface area contributed by atoms with E-state index >= 15 is 0 Å². The summed E-state index contributed by atoms with van der Waals surface area (Å²) in [7, 11) is 0. The molecular weight excluding hydrogens is 344 g/mol. The molecule has 0 bridgehead atoms. The molecule has 27 heavy (non-hydrogen) atoms. The minimum absolute atomic E-state index is 0.528. The molecule has 0 unspecified atom stereocenters. The number of rotatable bonds is 4. The average Bonchev–Trinajstić information content (AvgIpc) is 2.43. The SMILES string of the molecule is CC=C(CC)c1cc(NC(=O)OC(C)(C)C)cc(NC(=O)OC(C)(C)C)c1. The maximum atomic E-state index is 12.1. The van der Waals surface area contributed by atoms with Crippen LogP contribution in [0.15, 0.2) is 24.3 Å². The molecule has 150 valence electrons. The predicted molar refractivity (Wildman–Crippen MR) is 110 cm³/mol. The van der Waals surface area contributed by atoms with E-state index in [4.69, 9.17) is 9.47 Å². The van der Waals surface area contributed by atoms with E-state index in [1.807, 2.05) is 32.1 Å². The summed E-state index contributed by atoms with van der Waals surface area (Å²) in [5, 5.41) is 5.45. The molecule has 0 spiro atoms. The fraction of sp³-hybridized carbons (Fsp3) is 0.524. The summed E-state index contributed by atoms with van der Waals surface area (Å²) in [4.78, 5) is 24.2. The molecule has 0 aliphatic heterocycles. The number of allylic oxidation sites excluding steroid dienone is 2. The van der Waals surface area contributed by atoms with Crippen LogP contribution in [0.5, 0.6) is 0 Å². The molecule has 0 saturated heterocycles. The second-order valence-corrected chi connectivity index (χ2v) is 8.22. The second kappa shape index (κ2) is 8.93. The number of carbonyl (C=O) groups excluding carboxylic acids is 2. The van der Waals surface area contributed by atoms with E-state index in [9.17, 15) is 9.59 Å². The van der Waals surface area contributed by atoms with Gasteiger partial charge in [0.25, 0.3) is 0 Å². The first kappa shape index (κ1) is 22.5. The Hall–Kier alpha value is -2.50. The molecule has 6 nitrogen and oxygen atoms in total. The van der Waals surface area contributed by atoms with Crippen molar-refractivity contribution in [2.45, 2.75) is 73.0 Å². The number of hydrogen-bond acceptors (Lipinski definition) is 4. The van der Waals surface area contributed by atoms with Gasteiger partial charge in [0.15, 0.2) is 0 Å². The maximum Gasteiger partial charge on any atom is 0.412 e. The highest BCUT2D eigenvalue weighted by atomic mass is 16.6. The number of hydrogen-bond donors (Lipinski definition) is 2. The van der Waals surface area contributed by atoms with E-state index in [-0.39, 0.29) is 0 Å². The topological polar surface area (TPSA) is 76.7 Å². The van der Waals surface area contributed by atoms with Gasteiger partial charge >= 0.3 is 12.2 Å². The van der Waals surface area contributed by atoms with Crippen molar-refractivity contribution in [1.82, 2.24) is 0 Å². The van der Waals surface area contributed by atoms with Crippen molar-refractivity contribution in [3.63, 3.8) is 0 Å². The van der Waals surface area contributed by atoms with Crippen molar-refractivity contribution in [2.24, 2.45) is 0 Å². The molecule has 2 N–H and O–H groups in total. The molecule has 1 aromatic rings. The van der Waals surface area contributed by atoms with Crippen molar-refractivity contribution in [3.05, 3.63) is 29.8 Å². The van der Waals surface area contributed by atoms with Crippen LogP contribution in [0, 0.1) is 0 Å². The van der Waals surface area contributed by atoms with Crippen LogP contribution in [0.4, 0.5) is 21.0 Å². The molecule has 6 heteroatoms. The molecule has 2 amide bonds. The van der Waals surface area contributed by atoms with Gasteiger partial charge in [-0.15, -0.1) is 0 Å². The first-order valence-electron chi connectivity index (χ1n) is 9.13. The molecule has 0 radical (unpaired) electrons. The number of nitrogens with one attached hydrogen (secondary N) is 2. The molecular formula is C21H32N2O4. The number of carbonyl (C=O) groups is 2. The molecule has 0 fully saturated rings. The van der Waals surface area contributed by atoms with Gasteiger partial charge in [-0.2, -0.15) is 0 Å². The summed E-state index contributed by atoms with van der Waals surface area (Å²) in [6.07, 6.45) is 1.71. The first-order valence-corrected chi connectivity index (χ1v) is 9.13. The Labute approximate surface area is 162 Å². The second-order valence-electron chi connectivity index (χ2n) is 8.22. The van der Waals surface area contributed by atoms with Crippen LogP contribution >= 0.6 is 0 Å². The van der Waals surface area contributed by atoms with Crippen molar-refractivity contribution in [1.29, 1.82) is 0 Å². The standard InChI is InChI=1S/C21H32N2O4/c1-9-14(10-2)15-11-16(22-18(24)26-20(3,4)5)13-17(12-15)23-19(25)27-21(6,7)8/h9,11-13H,10H2,1-8H3,(H,22,24)(H,23,25). The van der Waals surface area contributed by atoms with Crippen molar-refractivity contribution in [3.8, 4) is 0 Å². The van der Waals surface area contributed by atoms with Gasteiger partial charge < -0.3 is 9.47 Å². The van der Waals surface area contributed by atoms with Crippen LogP contribution in [0.3, 0.4) is 0 Å². The molecule has 1 rings (SSSR count). The van der Waals surface area contributed by atoms with Crippen LogP contribution < -0.4 is 10.6 Å². The Morgan fingerprint density at radius 1 is 0.889 bits per heavy atom. The number of ether oxygens (including phenoxy) is 2. The molecule has 1 aromatic carbocycles. The van der Waals surface area contributed by atoms with Crippen LogP contribution in [-0.4, -0.2) is 23.4 Å². The zero-order valence-electron chi connectivity index (χ0n) is 17.6. The molecule has 0 heterocycles. The third-order valence-corrected chi connectivity index (χ3v) is 3.32. The normalized spacial score (nSPS) is 12.4. The minimum atomic E-state index is -0.600. The van der Waals surface area contributed by atoms with Crippen molar-refractivity contribution >= 4 is 29.1 Å². The summed E-state index contributed by atoms with van der Waals surface area (Å²) >= 11 is 0. The van der Waals surface area contributed by atoms with Crippen molar-refractivity contribution < 1.29 is 19.1 Å². The van der Waals surface area contributed by atoms with Gasteiger partial charge in [-0.1, -0.05) is 13.0 Å². The summed E-state index contributed by atoms with van der Waals surface area (Å²) in [5.41, 5.74) is 1.85. The Morgan fingerprint density at radius 2 is 1.30 bits per heavy atom. The van der Waals surface area contributed by atoms with E-state index < -0.39 is 23.4 Å². The summed E-state index contributed by atoms with van der Waals surface area (Å²) in [6, 6.07) is 5.37. The van der Waals surface area contributed by atoms with Gasteiger partial charge in [-0.3, -0.25) is 10.6 Å². The van der Waals surface area contributed by atoms with Gasteiger partial charge in [-0.05, 0) is 84.2 Å². The number of anilines is 2. The highest BCUT2D eigenvalue weighted by Crippen LogP contribution is 2.27. The van der Waals surface area contributed by atoms with Crippen LogP contribution in [0.25, 0.3) is 5.57 Å². The maximum absolute atomic E-state index is 12.1. The monoisotopic (exact) mass is 376 g/mol. The molecule has 0 atom stereocenters. The van der Waals surface area contributed by atoms with E-state index in [1.54, 1.807) is 47.6 Å². The van der Waals surface area contributed by atoms with E-state index in [0.29, 0.717) is 11.4 Å². The highest BCUT2D eigenvalue weighted by molar-refractivity contribution is 5.90. The largest absolute Gasteiger partial charge is 0.444 e. The minimum Gasteiger partial charge on any atom is -0.444 e. The van der Waals surface area contributed by atoms with Crippen LogP contribution in [-0.2, 0) is 9.47 Å². The van der Waals surface area contributed by atoms with E-state index in [2.05, 4.69) is 10.6 Å².